The van der Waals surface area contributed by atoms with Crippen molar-refractivity contribution in [3.8, 4) is 0 Å². The molecular formula is C15H23N3O3S2. The molecule has 8 heteroatoms. The summed E-state index contributed by atoms with van der Waals surface area (Å²) in [6, 6.07) is 7.35. The van der Waals surface area contributed by atoms with Gasteiger partial charge in [-0.15, -0.1) is 11.8 Å². The molecule has 0 radical (unpaired) electrons. The Hall–Kier alpha value is -0.640. The van der Waals surface area contributed by atoms with Gasteiger partial charge in [-0.2, -0.15) is 0 Å². The molecule has 0 aliphatic carbocycles. The zero-order chi connectivity index (χ0) is 16.3. The topological polar surface area (TPSA) is 79.5 Å². The lowest BCUT2D eigenvalue weighted by Crippen LogP contribution is -2.49. The highest BCUT2D eigenvalue weighted by atomic mass is 32.2. The van der Waals surface area contributed by atoms with Gasteiger partial charge in [0.1, 0.15) is 0 Å². The molecule has 2 aliphatic heterocycles. The molecule has 128 valence electrons. The molecule has 3 rings (SSSR count). The van der Waals surface area contributed by atoms with Gasteiger partial charge in [0.2, 0.25) is 0 Å². The van der Waals surface area contributed by atoms with E-state index < -0.39 is 9.84 Å². The normalized spacial score (nSPS) is 28.8. The molecule has 2 aliphatic rings. The smallest absolute Gasteiger partial charge is 0.175 e. The first kappa shape index (κ1) is 17.2. The van der Waals surface area contributed by atoms with Crippen LogP contribution in [0.4, 0.5) is 0 Å². The second kappa shape index (κ2) is 7.50. The molecule has 3 atom stereocenters. The van der Waals surface area contributed by atoms with Crippen molar-refractivity contribution in [1.29, 1.82) is 0 Å². The maximum absolute atomic E-state index is 11.5. The number of benzene rings is 1. The average molecular weight is 358 g/mol. The fourth-order valence-electron chi connectivity index (χ4n) is 2.76. The summed E-state index contributed by atoms with van der Waals surface area (Å²) in [6.07, 6.45) is 1.52. The van der Waals surface area contributed by atoms with Crippen LogP contribution >= 0.6 is 11.8 Å². The van der Waals surface area contributed by atoms with Gasteiger partial charge in [-0.25, -0.2) is 8.42 Å². The molecule has 1 aromatic rings. The molecule has 0 bridgehead atoms. The molecule has 3 unspecified atom stereocenters. The minimum Gasteiger partial charge on any atom is -0.361 e. The van der Waals surface area contributed by atoms with Crippen LogP contribution in [0.5, 0.6) is 0 Å². The van der Waals surface area contributed by atoms with Crippen LogP contribution < -0.4 is 16.0 Å². The van der Waals surface area contributed by atoms with E-state index in [1.54, 1.807) is 12.1 Å². The number of piperazine rings is 1. The molecule has 0 aromatic heterocycles. The minimum atomic E-state index is -3.14. The molecule has 2 saturated heterocycles. The molecule has 0 spiro atoms. The Bertz CT molecular complexity index is 615. The fourth-order valence-corrected chi connectivity index (χ4v) is 4.54. The molecular weight excluding hydrogens is 334 g/mol. The van der Waals surface area contributed by atoms with Crippen molar-refractivity contribution >= 4 is 21.6 Å². The van der Waals surface area contributed by atoms with Crippen molar-refractivity contribution in [2.75, 3.05) is 38.4 Å². The standard InChI is InChI=1S/C15H23N3O3S2/c1-23(19,20)13-4-2-11(3-5-13)14-7-16-8-15(18-14)22-9-12-6-17-10-21-12/h2-5,12,14-18H,6-10H2,1H3. The Morgan fingerprint density at radius 2 is 1.96 bits per heavy atom. The van der Waals surface area contributed by atoms with Crippen LogP contribution in [0.2, 0.25) is 0 Å². The maximum Gasteiger partial charge on any atom is 0.175 e. The molecule has 1 aromatic carbocycles. The lowest BCUT2D eigenvalue weighted by Gasteiger charge is -2.32. The molecule has 6 nitrogen and oxygen atoms in total. The van der Waals surface area contributed by atoms with E-state index in [-0.39, 0.29) is 12.1 Å². The van der Waals surface area contributed by atoms with E-state index in [9.17, 15) is 8.42 Å². The summed E-state index contributed by atoms with van der Waals surface area (Å²) in [5, 5.41) is 10.6. The van der Waals surface area contributed by atoms with Crippen molar-refractivity contribution < 1.29 is 13.2 Å². The van der Waals surface area contributed by atoms with Gasteiger partial charge in [0.25, 0.3) is 0 Å². The third-order valence-electron chi connectivity index (χ3n) is 4.05. The van der Waals surface area contributed by atoms with Gasteiger partial charge in [-0.3, -0.25) is 10.6 Å². The van der Waals surface area contributed by atoms with Crippen LogP contribution in [0.1, 0.15) is 11.6 Å². The number of rotatable bonds is 5. The average Bonchev–Trinajstić information content (AvgIpc) is 3.06. The highest BCUT2D eigenvalue weighted by molar-refractivity contribution is 7.99. The number of thioether (sulfide) groups is 1. The largest absolute Gasteiger partial charge is 0.361 e. The van der Waals surface area contributed by atoms with E-state index >= 15 is 0 Å². The first-order chi connectivity index (χ1) is 11.0. The van der Waals surface area contributed by atoms with Crippen LogP contribution in [0.15, 0.2) is 29.2 Å². The molecule has 0 saturated carbocycles. The van der Waals surface area contributed by atoms with Gasteiger partial charge in [0.05, 0.1) is 23.1 Å². The summed E-state index contributed by atoms with van der Waals surface area (Å²) in [4.78, 5) is 0.363. The Labute approximate surface area is 141 Å². The second-order valence-electron chi connectivity index (χ2n) is 5.93. The van der Waals surface area contributed by atoms with Crippen molar-refractivity contribution in [1.82, 2.24) is 16.0 Å². The Balaban J connectivity index is 1.57. The minimum absolute atomic E-state index is 0.192. The number of hydrogen-bond donors (Lipinski definition) is 3. The first-order valence-corrected chi connectivity index (χ1v) is 10.7. The Morgan fingerprint density at radius 1 is 1.17 bits per heavy atom. The molecule has 3 N–H and O–H groups in total. The van der Waals surface area contributed by atoms with E-state index in [0.717, 1.165) is 31.0 Å². The number of sulfone groups is 1. The fraction of sp³-hybridized carbons (Fsp3) is 0.600. The summed E-state index contributed by atoms with van der Waals surface area (Å²) >= 11 is 1.87. The van der Waals surface area contributed by atoms with E-state index in [1.807, 2.05) is 23.9 Å². The molecule has 0 amide bonds. The number of nitrogens with one attached hydrogen (secondary N) is 3. The van der Waals surface area contributed by atoms with Crippen molar-refractivity contribution in [3.05, 3.63) is 29.8 Å². The lowest BCUT2D eigenvalue weighted by molar-refractivity contribution is 0.130. The van der Waals surface area contributed by atoms with Gasteiger partial charge >= 0.3 is 0 Å². The lowest BCUT2D eigenvalue weighted by atomic mass is 10.1. The van der Waals surface area contributed by atoms with Gasteiger partial charge in [0, 0.05) is 37.7 Å². The van der Waals surface area contributed by atoms with Crippen LogP contribution in [-0.2, 0) is 14.6 Å². The van der Waals surface area contributed by atoms with Crippen LogP contribution in [0, 0.1) is 0 Å². The summed E-state index contributed by atoms with van der Waals surface area (Å²) in [6.45, 7) is 3.33. The summed E-state index contributed by atoms with van der Waals surface area (Å²) < 4.78 is 28.6. The quantitative estimate of drug-likeness (QED) is 0.701. The Kier molecular flexibility index (Phi) is 5.61. The van der Waals surface area contributed by atoms with Gasteiger partial charge in [-0.1, -0.05) is 12.1 Å². The predicted octanol–water partition coefficient (Wildman–Crippen LogP) is 0.329. The zero-order valence-electron chi connectivity index (χ0n) is 13.1. The summed E-state index contributed by atoms with van der Waals surface area (Å²) in [5.74, 6) is 0.964. The highest BCUT2D eigenvalue weighted by Gasteiger charge is 2.24. The molecule has 2 fully saturated rings. The van der Waals surface area contributed by atoms with Crippen molar-refractivity contribution in [2.24, 2.45) is 0 Å². The van der Waals surface area contributed by atoms with E-state index in [4.69, 9.17) is 4.74 Å². The van der Waals surface area contributed by atoms with Gasteiger partial charge in [-0.05, 0) is 17.7 Å². The molecule has 2 heterocycles. The predicted molar refractivity (Wildman–Crippen MR) is 92.3 cm³/mol. The number of ether oxygens (including phenoxy) is 1. The van der Waals surface area contributed by atoms with Gasteiger partial charge in [0.15, 0.2) is 9.84 Å². The van der Waals surface area contributed by atoms with Crippen LogP contribution in [-0.4, -0.2) is 58.3 Å². The number of hydrogen-bond acceptors (Lipinski definition) is 7. The SMILES string of the molecule is CS(=O)(=O)c1ccc(C2CNCC(SCC3CNCO3)N2)cc1. The summed E-state index contributed by atoms with van der Waals surface area (Å²) in [7, 11) is -3.14. The van der Waals surface area contributed by atoms with Crippen molar-refractivity contribution in [3.63, 3.8) is 0 Å². The van der Waals surface area contributed by atoms with E-state index in [2.05, 4.69) is 16.0 Å². The summed E-state index contributed by atoms with van der Waals surface area (Å²) in [5.41, 5.74) is 1.11. The second-order valence-corrected chi connectivity index (χ2v) is 9.18. The monoisotopic (exact) mass is 357 g/mol. The highest BCUT2D eigenvalue weighted by Crippen LogP contribution is 2.22. The Morgan fingerprint density at radius 3 is 2.61 bits per heavy atom. The van der Waals surface area contributed by atoms with Crippen molar-refractivity contribution in [2.45, 2.75) is 22.4 Å². The van der Waals surface area contributed by atoms with Crippen LogP contribution in [0.3, 0.4) is 0 Å². The third-order valence-corrected chi connectivity index (χ3v) is 6.45. The third kappa shape index (κ3) is 4.68. The maximum atomic E-state index is 11.5. The zero-order valence-corrected chi connectivity index (χ0v) is 14.8. The van der Waals surface area contributed by atoms with E-state index in [1.165, 1.54) is 6.26 Å². The van der Waals surface area contributed by atoms with Crippen LogP contribution in [0.25, 0.3) is 0 Å². The molecule has 23 heavy (non-hydrogen) atoms. The van der Waals surface area contributed by atoms with E-state index in [0.29, 0.717) is 17.0 Å². The van der Waals surface area contributed by atoms with Gasteiger partial charge < -0.3 is 10.1 Å². The first-order valence-electron chi connectivity index (χ1n) is 7.73.